The maximum Gasteiger partial charge on any atom is 0.446 e. The number of carbonyl (C=O) groups excluding carboxylic acids is 1. The lowest BCUT2D eigenvalue weighted by Crippen LogP contribution is -2.04. The van der Waals surface area contributed by atoms with Crippen LogP contribution in [0.25, 0.3) is 0 Å². The summed E-state index contributed by atoms with van der Waals surface area (Å²) in [4.78, 5) is 11.7. The van der Waals surface area contributed by atoms with Crippen LogP contribution in [0.5, 0.6) is 0 Å². The quantitative estimate of drug-likeness (QED) is 0.771. The van der Waals surface area contributed by atoms with Crippen LogP contribution in [-0.4, -0.2) is 17.5 Å². The van der Waals surface area contributed by atoms with Gasteiger partial charge in [0.1, 0.15) is 5.78 Å². The lowest BCUT2D eigenvalue weighted by Gasteiger charge is -2.13. The minimum atomic E-state index is -4.34. The normalized spacial score (nSPS) is 11.6. The van der Waals surface area contributed by atoms with Gasteiger partial charge in [-0.1, -0.05) is 12.1 Å². The molecule has 0 spiro atoms. The predicted octanol–water partition coefficient (Wildman–Crippen LogP) is 4.15. The summed E-state index contributed by atoms with van der Waals surface area (Å²) >= 11 is 1.09. The van der Waals surface area contributed by atoms with Crippen LogP contribution in [0.4, 0.5) is 13.2 Å². The van der Waals surface area contributed by atoms with Gasteiger partial charge in [0.15, 0.2) is 0 Å². The van der Waals surface area contributed by atoms with Crippen LogP contribution in [-0.2, 0) is 11.2 Å². The summed E-state index contributed by atoms with van der Waals surface area (Å²) in [5.41, 5.74) is -3.90. The fourth-order valence-electron chi connectivity index (χ4n) is 1.36. The SMILES string of the molecule is CSc1cccc(CC(C)=O)c1SC(F)(F)F. The average molecular weight is 280 g/mol. The number of benzene rings is 1. The van der Waals surface area contributed by atoms with Gasteiger partial charge in [-0.3, -0.25) is 4.79 Å². The summed E-state index contributed by atoms with van der Waals surface area (Å²) in [6.45, 7) is 1.37. The molecule has 1 nitrogen and oxygen atoms in total. The molecule has 0 saturated carbocycles. The first kappa shape index (κ1) is 14.4. The Hall–Kier alpha value is -0.620. The van der Waals surface area contributed by atoms with Crippen molar-refractivity contribution in [2.45, 2.75) is 28.6 Å². The number of alkyl halides is 3. The first-order chi connectivity index (χ1) is 7.83. The molecular weight excluding hydrogens is 269 g/mol. The molecule has 0 aliphatic heterocycles. The van der Waals surface area contributed by atoms with Gasteiger partial charge in [0, 0.05) is 16.2 Å². The van der Waals surface area contributed by atoms with Gasteiger partial charge in [0.05, 0.1) is 0 Å². The molecular formula is C11H11F3OS2. The van der Waals surface area contributed by atoms with Gasteiger partial charge in [-0.2, -0.15) is 13.2 Å². The molecule has 0 amide bonds. The van der Waals surface area contributed by atoms with E-state index in [0.717, 1.165) is 0 Å². The highest BCUT2D eigenvalue weighted by Gasteiger charge is 2.31. The van der Waals surface area contributed by atoms with Crippen molar-refractivity contribution in [2.75, 3.05) is 6.26 Å². The standard InChI is InChI=1S/C11H11F3OS2/c1-7(15)6-8-4-3-5-9(16-2)10(8)17-11(12,13)14/h3-5H,6H2,1-2H3. The maximum atomic E-state index is 12.4. The first-order valence-corrected chi connectivity index (χ1v) is 6.78. The molecule has 0 aromatic heterocycles. The lowest BCUT2D eigenvalue weighted by molar-refractivity contribution is -0.116. The topological polar surface area (TPSA) is 17.1 Å². The molecule has 0 N–H and O–H groups in total. The summed E-state index contributed by atoms with van der Waals surface area (Å²) in [6.07, 6.45) is 1.75. The molecule has 6 heteroatoms. The van der Waals surface area contributed by atoms with E-state index in [0.29, 0.717) is 10.5 Å². The van der Waals surface area contributed by atoms with Gasteiger partial charge < -0.3 is 0 Å². The molecule has 0 aliphatic rings. The molecule has 1 rings (SSSR count). The summed E-state index contributed by atoms with van der Waals surface area (Å²) in [6, 6.07) is 4.86. The Labute approximate surface area is 106 Å². The summed E-state index contributed by atoms with van der Waals surface area (Å²) in [5, 5.41) is 0. The van der Waals surface area contributed by atoms with Gasteiger partial charge in [-0.05, 0) is 36.6 Å². The molecule has 0 aliphatic carbocycles. The minimum Gasteiger partial charge on any atom is -0.300 e. The molecule has 0 radical (unpaired) electrons. The molecule has 94 valence electrons. The molecule has 17 heavy (non-hydrogen) atoms. The number of thioether (sulfide) groups is 2. The van der Waals surface area contributed by atoms with Crippen LogP contribution >= 0.6 is 23.5 Å². The van der Waals surface area contributed by atoms with E-state index in [1.165, 1.54) is 18.7 Å². The van der Waals surface area contributed by atoms with E-state index in [1.807, 2.05) is 0 Å². The van der Waals surface area contributed by atoms with Crippen LogP contribution in [0.15, 0.2) is 28.0 Å². The number of carbonyl (C=O) groups is 1. The van der Waals surface area contributed by atoms with Crippen molar-refractivity contribution in [3.05, 3.63) is 23.8 Å². The number of ketones is 1. The van der Waals surface area contributed by atoms with Crippen LogP contribution in [0.3, 0.4) is 0 Å². The highest BCUT2D eigenvalue weighted by molar-refractivity contribution is 8.02. The van der Waals surface area contributed by atoms with Crippen molar-refractivity contribution in [3.8, 4) is 0 Å². The van der Waals surface area contributed by atoms with Crippen molar-refractivity contribution in [3.63, 3.8) is 0 Å². The monoisotopic (exact) mass is 280 g/mol. The third-order valence-corrected chi connectivity index (χ3v) is 3.76. The van der Waals surface area contributed by atoms with Crippen molar-refractivity contribution >= 4 is 29.3 Å². The molecule has 0 heterocycles. The van der Waals surface area contributed by atoms with Gasteiger partial charge in [0.2, 0.25) is 0 Å². The van der Waals surface area contributed by atoms with E-state index in [1.54, 1.807) is 24.5 Å². The van der Waals surface area contributed by atoms with Crippen LogP contribution in [0, 0.1) is 0 Å². The highest BCUT2D eigenvalue weighted by Crippen LogP contribution is 2.43. The molecule has 0 bridgehead atoms. The second-order valence-electron chi connectivity index (χ2n) is 3.38. The summed E-state index contributed by atoms with van der Waals surface area (Å²) < 4.78 is 37.3. The third kappa shape index (κ3) is 4.63. The van der Waals surface area contributed by atoms with Crippen molar-refractivity contribution < 1.29 is 18.0 Å². The van der Waals surface area contributed by atoms with Crippen molar-refractivity contribution in [2.24, 2.45) is 0 Å². The Bertz CT molecular complexity index is 416. The molecule has 0 atom stereocenters. The second kappa shape index (κ2) is 5.82. The van der Waals surface area contributed by atoms with Gasteiger partial charge in [-0.25, -0.2) is 0 Å². The fourth-order valence-corrected chi connectivity index (χ4v) is 2.94. The molecule has 1 aromatic carbocycles. The van der Waals surface area contributed by atoms with Gasteiger partial charge in [-0.15, -0.1) is 11.8 Å². The molecule has 0 unspecified atom stereocenters. The zero-order chi connectivity index (χ0) is 13.1. The minimum absolute atomic E-state index is 0.0345. The molecule has 0 fully saturated rings. The number of hydrogen-bond acceptors (Lipinski definition) is 3. The van der Waals surface area contributed by atoms with E-state index in [9.17, 15) is 18.0 Å². The van der Waals surface area contributed by atoms with Crippen LogP contribution in [0.2, 0.25) is 0 Å². The Morgan fingerprint density at radius 2 is 2.00 bits per heavy atom. The van der Waals surface area contributed by atoms with E-state index < -0.39 is 5.51 Å². The highest BCUT2D eigenvalue weighted by atomic mass is 32.2. The third-order valence-electron chi connectivity index (χ3n) is 1.94. The van der Waals surface area contributed by atoms with Gasteiger partial charge >= 0.3 is 5.51 Å². The van der Waals surface area contributed by atoms with Crippen LogP contribution < -0.4 is 0 Å². The first-order valence-electron chi connectivity index (χ1n) is 4.74. The lowest BCUT2D eigenvalue weighted by atomic mass is 10.1. The van der Waals surface area contributed by atoms with Crippen molar-refractivity contribution in [1.29, 1.82) is 0 Å². The van der Waals surface area contributed by atoms with E-state index >= 15 is 0 Å². The van der Waals surface area contributed by atoms with Gasteiger partial charge in [0.25, 0.3) is 0 Å². The van der Waals surface area contributed by atoms with Crippen LogP contribution in [0.1, 0.15) is 12.5 Å². The number of hydrogen-bond donors (Lipinski definition) is 0. The number of halogens is 3. The Morgan fingerprint density at radius 3 is 2.47 bits per heavy atom. The average Bonchev–Trinajstić information content (AvgIpc) is 2.17. The molecule has 0 saturated heterocycles. The Balaban J connectivity index is 3.15. The van der Waals surface area contributed by atoms with E-state index in [2.05, 4.69) is 0 Å². The summed E-state index contributed by atoms with van der Waals surface area (Å²) in [5.74, 6) is -0.146. The smallest absolute Gasteiger partial charge is 0.300 e. The zero-order valence-corrected chi connectivity index (χ0v) is 10.9. The van der Waals surface area contributed by atoms with Crippen molar-refractivity contribution in [1.82, 2.24) is 0 Å². The maximum absolute atomic E-state index is 12.4. The number of Topliss-reactive ketones (excluding diaryl/α,β-unsaturated/α-hetero) is 1. The Kier molecular flexibility index (Phi) is 4.94. The predicted molar refractivity (Wildman–Crippen MR) is 64.5 cm³/mol. The second-order valence-corrected chi connectivity index (χ2v) is 5.30. The van der Waals surface area contributed by atoms with E-state index in [-0.39, 0.29) is 28.9 Å². The van der Waals surface area contributed by atoms with E-state index in [4.69, 9.17) is 0 Å². The zero-order valence-electron chi connectivity index (χ0n) is 9.30. The fraction of sp³-hybridized carbons (Fsp3) is 0.364. The Morgan fingerprint density at radius 1 is 1.35 bits per heavy atom. The molecule has 1 aromatic rings. The summed E-state index contributed by atoms with van der Waals surface area (Å²) in [7, 11) is 0. The largest absolute Gasteiger partial charge is 0.446 e. The number of rotatable bonds is 4.